The molecule has 0 amide bonds. The lowest BCUT2D eigenvalue weighted by atomic mass is 10.2. The SMILES string of the molecule is C(=Cc1ccccc1)C=Nc1ccccc1-c1nccs1. The summed E-state index contributed by atoms with van der Waals surface area (Å²) >= 11 is 1.62. The molecule has 21 heavy (non-hydrogen) atoms. The molecular formula is C18H14N2S. The van der Waals surface area contributed by atoms with Crippen molar-refractivity contribution >= 4 is 29.3 Å². The first-order valence-corrected chi connectivity index (χ1v) is 7.56. The van der Waals surface area contributed by atoms with Crippen LogP contribution in [0.2, 0.25) is 0 Å². The number of thiazole rings is 1. The van der Waals surface area contributed by atoms with Crippen molar-refractivity contribution in [3.63, 3.8) is 0 Å². The molecule has 3 heteroatoms. The highest BCUT2D eigenvalue weighted by Gasteiger charge is 2.04. The second kappa shape index (κ2) is 6.77. The minimum absolute atomic E-state index is 0.935. The number of rotatable bonds is 4. The molecule has 0 saturated heterocycles. The van der Waals surface area contributed by atoms with Crippen LogP contribution in [-0.4, -0.2) is 11.2 Å². The number of allylic oxidation sites excluding steroid dienone is 1. The van der Waals surface area contributed by atoms with Gasteiger partial charge in [-0.15, -0.1) is 11.3 Å². The minimum Gasteiger partial charge on any atom is -0.256 e. The van der Waals surface area contributed by atoms with Gasteiger partial charge in [-0.25, -0.2) is 4.98 Å². The first-order chi connectivity index (χ1) is 10.4. The van der Waals surface area contributed by atoms with Crippen LogP contribution in [0, 0.1) is 0 Å². The van der Waals surface area contributed by atoms with E-state index < -0.39 is 0 Å². The molecule has 2 aromatic carbocycles. The molecule has 2 nitrogen and oxygen atoms in total. The predicted octanol–water partition coefficient (Wildman–Crippen LogP) is 5.23. The van der Waals surface area contributed by atoms with Crippen LogP contribution in [0.4, 0.5) is 5.69 Å². The zero-order chi connectivity index (χ0) is 14.3. The topological polar surface area (TPSA) is 25.2 Å². The molecule has 0 fully saturated rings. The Kier molecular flexibility index (Phi) is 4.34. The van der Waals surface area contributed by atoms with Gasteiger partial charge in [-0.05, 0) is 23.8 Å². The van der Waals surface area contributed by atoms with E-state index in [1.54, 1.807) is 11.3 Å². The van der Waals surface area contributed by atoms with Crippen molar-refractivity contribution in [3.8, 4) is 10.6 Å². The molecule has 0 aliphatic heterocycles. The van der Waals surface area contributed by atoms with Crippen LogP contribution in [0.5, 0.6) is 0 Å². The molecule has 0 atom stereocenters. The molecule has 0 aliphatic carbocycles. The Balaban J connectivity index is 1.79. The highest BCUT2D eigenvalue weighted by atomic mass is 32.1. The molecule has 0 radical (unpaired) electrons. The maximum Gasteiger partial charge on any atom is 0.125 e. The fourth-order valence-corrected chi connectivity index (χ4v) is 2.64. The fourth-order valence-electron chi connectivity index (χ4n) is 1.97. The van der Waals surface area contributed by atoms with Gasteiger partial charge in [-0.2, -0.15) is 0 Å². The first kappa shape index (κ1) is 13.5. The van der Waals surface area contributed by atoms with Crippen molar-refractivity contribution in [2.45, 2.75) is 0 Å². The average molecular weight is 290 g/mol. The summed E-state index contributed by atoms with van der Waals surface area (Å²) in [6.45, 7) is 0. The number of para-hydroxylation sites is 1. The van der Waals surface area contributed by atoms with Gasteiger partial charge in [-0.3, -0.25) is 4.99 Å². The third-order valence-corrected chi connectivity index (χ3v) is 3.76. The highest BCUT2D eigenvalue weighted by molar-refractivity contribution is 7.13. The zero-order valence-electron chi connectivity index (χ0n) is 11.4. The van der Waals surface area contributed by atoms with E-state index in [9.17, 15) is 0 Å². The van der Waals surface area contributed by atoms with Gasteiger partial charge in [0.1, 0.15) is 5.01 Å². The molecular weight excluding hydrogens is 276 g/mol. The van der Waals surface area contributed by atoms with E-state index in [1.807, 2.05) is 72.4 Å². The molecule has 0 unspecified atom stereocenters. The third-order valence-electron chi connectivity index (χ3n) is 2.95. The Morgan fingerprint density at radius 3 is 2.57 bits per heavy atom. The third kappa shape index (κ3) is 3.52. The lowest BCUT2D eigenvalue weighted by Crippen LogP contribution is -1.77. The van der Waals surface area contributed by atoms with Crippen molar-refractivity contribution in [3.05, 3.63) is 77.8 Å². The Morgan fingerprint density at radius 2 is 1.76 bits per heavy atom. The number of hydrogen-bond donors (Lipinski definition) is 0. The number of benzene rings is 2. The Hall–Kier alpha value is -2.52. The van der Waals surface area contributed by atoms with E-state index >= 15 is 0 Å². The van der Waals surface area contributed by atoms with Crippen molar-refractivity contribution in [1.82, 2.24) is 4.98 Å². The van der Waals surface area contributed by atoms with Gasteiger partial charge >= 0.3 is 0 Å². The van der Waals surface area contributed by atoms with Crippen LogP contribution in [0.1, 0.15) is 5.56 Å². The van der Waals surface area contributed by atoms with Crippen molar-refractivity contribution in [2.75, 3.05) is 0 Å². The molecule has 0 aliphatic rings. The minimum atomic E-state index is 0.935. The summed E-state index contributed by atoms with van der Waals surface area (Å²) in [4.78, 5) is 8.88. The molecule has 3 rings (SSSR count). The number of aromatic nitrogens is 1. The smallest absolute Gasteiger partial charge is 0.125 e. The maximum atomic E-state index is 4.53. The summed E-state index contributed by atoms with van der Waals surface area (Å²) in [5.41, 5.74) is 3.17. The lowest BCUT2D eigenvalue weighted by molar-refractivity contribution is 1.40. The largest absolute Gasteiger partial charge is 0.256 e. The molecule has 0 spiro atoms. The van der Waals surface area contributed by atoms with Gasteiger partial charge < -0.3 is 0 Å². The Morgan fingerprint density at radius 1 is 0.952 bits per heavy atom. The maximum absolute atomic E-state index is 4.53. The standard InChI is InChI=1S/C18H14N2S/c1-2-7-15(8-3-1)9-6-12-19-17-11-5-4-10-16(17)18-20-13-14-21-18/h1-14H. The van der Waals surface area contributed by atoms with Crippen LogP contribution < -0.4 is 0 Å². The monoisotopic (exact) mass is 290 g/mol. The van der Waals surface area contributed by atoms with Gasteiger partial charge in [0.15, 0.2) is 0 Å². The molecule has 0 saturated carbocycles. The number of aliphatic imine (C=N–C) groups is 1. The van der Waals surface area contributed by atoms with Gasteiger partial charge in [0, 0.05) is 23.4 Å². The van der Waals surface area contributed by atoms with E-state index in [0.717, 1.165) is 21.8 Å². The van der Waals surface area contributed by atoms with Crippen molar-refractivity contribution < 1.29 is 0 Å². The normalized spacial score (nSPS) is 11.4. The number of nitrogens with zero attached hydrogens (tertiary/aromatic N) is 2. The fraction of sp³-hybridized carbons (Fsp3) is 0. The van der Waals surface area contributed by atoms with Gasteiger partial charge in [0.05, 0.1) is 5.69 Å². The van der Waals surface area contributed by atoms with Crippen LogP contribution in [0.3, 0.4) is 0 Å². The molecule has 1 aromatic heterocycles. The molecule has 0 N–H and O–H groups in total. The summed E-state index contributed by atoms with van der Waals surface area (Å²) in [6.07, 6.45) is 7.62. The Bertz CT molecular complexity index is 744. The summed E-state index contributed by atoms with van der Waals surface area (Å²) in [7, 11) is 0. The van der Waals surface area contributed by atoms with E-state index in [1.165, 1.54) is 0 Å². The second-order valence-electron chi connectivity index (χ2n) is 4.40. The average Bonchev–Trinajstić information content (AvgIpc) is 3.07. The second-order valence-corrected chi connectivity index (χ2v) is 5.30. The van der Waals surface area contributed by atoms with Crippen LogP contribution in [0.15, 0.2) is 77.2 Å². The predicted molar refractivity (Wildman–Crippen MR) is 91.2 cm³/mol. The van der Waals surface area contributed by atoms with E-state index in [-0.39, 0.29) is 0 Å². The van der Waals surface area contributed by atoms with Gasteiger partial charge in [-0.1, -0.05) is 48.5 Å². The zero-order valence-corrected chi connectivity index (χ0v) is 12.2. The van der Waals surface area contributed by atoms with Crippen LogP contribution in [-0.2, 0) is 0 Å². The summed E-state index contributed by atoms with van der Waals surface area (Å²) in [5, 5.41) is 2.97. The molecule has 3 aromatic rings. The van der Waals surface area contributed by atoms with E-state index in [0.29, 0.717) is 0 Å². The van der Waals surface area contributed by atoms with Gasteiger partial charge in [0.2, 0.25) is 0 Å². The lowest BCUT2D eigenvalue weighted by Gasteiger charge is -2.00. The van der Waals surface area contributed by atoms with E-state index in [2.05, 4.69) is 22.1 Å². The quantitative estimate of drug-likeness (QED) is 0.604. The van der Waals surface area contributed by atoms with Crippen LogP contribution in [0.25, 0.3) is 16.6 Å². The Labute approximate surface area is 128 Å². The van der Waals surface area contributed by atoms with Crippen molar-refractivity contribution in [1.29, 1.82) is 0 Å². The summed E-state index contributed by atoms with van der Waals surface area (Å²) < 4.78 is 0. The van der Waals surface area contributed by atoms with E-state index in [4.69, 9.17) is 0 Å². The number of hydrogen-bond acceptors (Lipinski definition) is 3. The van der Waals surface area contributed by atoms with Gasteiger partial charge in [0.25, 0.3) is 0 Å². The summed E-state index contributed by atoms with van der Waals surface area (Å²) in [6, 6.07) is 18.2. The molecule has 102 valence electrons. The van der Waals surface area contributed by atoms with Crippen LogP contribution >= 0.6 is 11.3 Å². The highest BCUT2D eigenvalue weighted by Crippen LogP contribution is 2.30. The molecule has 0 bridgehead atoms. The summed E-state index contributed by atoms with van der Waals surface area (Å²) in [5.74, 6) is 0. The molecule has 1 heterocycles. The van der Waals surface area contributed by atoms with Crippen molar-refractivity contribution in [2.24, 2.45) is 4.99 Å². The first-order valence-electron chi connectivity index (χ1n) is 6.68.